The van der Waals surface area contributed by atoms with Crippen molar-refractivity contribution in [2.45, 2.75) is 0 Å². The van der Waals surface area contributed by atoms with Crippen LogP contribution in [0, 0.1) is 0 Å². The van der Waals surface area contributed by atoms with Gasteiger partial charge in [-0.1, -0.05) is 60.7 Å². The minimum atomic E-state index is -0.310. The summed E-state index contributed by atoms with van der Waals surface area (Å²) in [5.41, 5.74) is 2.40. The summed E-state index contributed by atoms with van der Waals surface area (Å²) in [4.78, 5) is 0. The molecule has 2 nitrogen and oxygen atoms in total. The van der Waals surface area contributed by atoms with Crippen LogP contribution in [0.3, 0.4) is 0 Å². The third-order valence-electron chi connectivity index (χ3n) is 4.14. The molecular weight excluding hydrogens is 283 g/mol. The summed E-state index contributed by atoms with van der Waals surface area (Å²) < 4.78 is 5.17. The van der Waals surface area contributed by atoms with Crippen LogP contribution in [0.25, 0.3) is 32.7 Å². The van der Waals surface area contributed by atoms with E-state index in [1.807, 2.05) is 18.2 Å². The van der Waals surface area contributed by atoms with Crippen molar-refractivity contribution in [3.05, 3.63) is 78.9 Å². The number of fused-ring (bicyclic) bond motifs is 2. The Morgan fingerprint density at radius 1 is 0.696 bits per heavy atom. The Hall–Kier alpha value is -2.78. The van der Waals surface area contributed by atoms with Crippen molar-refractivity contribution in [1.82, 2.24) is 0 Å². The SMILES string of the molecule is OBOc1ccc2c(-c3ccc4ccccc4c3)cccc2c1. The fourth-order valence-electron chi connectivity index (χ4n) is 3.03. The third-order valence-corrected chi connectivity index (χ3v) is 4.14. The van der Waals surface area contributed by atoms with E-state index in [0.29, 0.717) is 5.75 Å². The summed E-state index contributed by atoms with van der Waals surface area (Å²) in [6.45, 7) is 0. The molecular formula is C20H15BO2. The summed E-state index contributed by atoms with van der Waals surface area (Å²) in [7, 11) is -0.310. The highest BCUT2D eigenvalue weighted by molar-refractivity contribution is 6.17. The fraction of sp³-hybridized carbons (Fsp3) is 0. The van der Waals surface area contributed by atoms with Crippen LogP contribution >= 0.6 is 0 Å². The van der Waals surface area contributed by atoms with E-state index >= 15 is 0 Å². The first-order chi connectivity index (χ1) is 11.3. The van der Waals surface area contributed by atoms with Gasteiger partial charge >= 0.3 is 7.69 Å². The molecule has 0 aliphatic heterocycles. The predicted octanol–water partition coefficient (Wildman–Crippen LogP) is 4.30. The van der Waals surface area contributed by atoms with Crippen molar-refractivity contribution in [3.8, 4) is 16.9 Å². The van der Waals surface area contributed by atoms with Crippen LogP contribution in [0.15, 0.2) is 78.9 Å². The fourth-order valence-corrected chi connectivity index (χ4v) is 3.03. The largest absolute Gasteiger partial charge is 0.539 e. The van der Waals surface area contributed by atoms with Crippen LogP contribution in [-0.2, 0) is 0 Å². The summed E-state index contributed by atoms with van der Waals surface area (Å²) in [5, 5.41) is 13.7. The van der Waals surface area contributed by atoms with Crippen molar-refractivity contribution in [1.29, 1.82) is 0 Å². The summed E-state index contributed by atoms with van der Waals surface area (Å²) in [5.74, 6) is 0.677. The Bertz CT molecular complexity index is 995. The maximum absolute atomic E-state index is 8.90. The Labute approximate surface area is 135 Å². The summed E-state index contributed by atoms with van der Waals surface area (Å²) in [6, 6.07) is 27.1. The number of hydrogen-bond acceptors (Lipinski definition) is 2. The molecule has 0 saturated carbocycles. The van der Waals surface area contributed by atoms with Gasteiger partial charge in [0.15, 0.2) is 0 Å². The average molecular weight is 298 g/mol. The molecule has 0 aliphatic carbocycles. The van der Waals surface area contributed by atoms with Crippen LogP contribution in [-0.4, -0.2) is 12.7 Å². The molecule has 0 atom stereocenters. The van der Waals surface area contributed by atoms with E-state index in [-0.39, 0.29) is 7.69 Å². The molecule has 0 spiro atoms. The molecule has 1 N–H and O–H groups in total. The van der Waals surface area contributed by atoms with Gasteiger partial charge < -0.3 is 9.68 Å². The Balaban J connectivity index is 1.89. The first-order valence-corrected chi connectivity index (χ1v) is 7.61. The zero-order valence-corrected chi connectivity index (χ0v) is 12.6. The monoisotopic (exact) mass is 298 g/mol. The molecule has 0 fully saturated rings. The molecule has 0 unspecified atom stereocenters. The van der Waals surface area contributed by atoms with Crippen LogP contribution in [0.4, 0.5) is 0 Å². The normalized spacial score (nSPS) is 10.8. The molecule has 23 heavy (non-hydrogen) atoms. The first kappa shape index (κ1) is 13.9. The molecule has 0 saturated heterocycles. The molecule has 0 bridgehead atoms. The average Bonchev–Trinajstić information content (AvgIpc) is 2.61. The van der Waals surface area contributed by atoms with Gasteiger partial charge in [0.25, 0.3) is 0 Å². The second kappa shape index (κ2) is 5.78. The Morgan fingerprint density at radius 3 is 2.39 bits per heavy atom. The maximum atomic E-state index is 8.90. The van der Waals surface area contributed by atoms with E-state index in [2.05, 4.69) is 60.7 Å². The smallest absolute Gasteiger partial charge is 0.504 e. The molecule has 0 aromatic heterocycles. The lowest BCUT2D eigenvalue weighted by Gasteiger charge is -2.10. The van der Waals surface area contributed by atoms with E-state index < -0.39 is 0 Å². The van der Waals surface area contributed by atoms with Crippen LogP contribution in [0.2, 0.25) is 0 Å². The Kier molecular flexibility index (Phi) is 3.49. The van der Waals surface area contributed by atoms with Gasteiger partial charge in [-0.2, -0.15) is 0 Å². The highest BCUT2D eigenvalue weighted by Crippen LogP contribution is 2.32. The molecule has 0 amide bonds. The van der Waals surface area contributed by atoms with Gasteiger partial charge in [0.05, 0.1) is 0 Å². The van der Waals surface area contributed by atoms with E-state index in [0.717, 1.165) is 5.39 Å². The summed E-state index contributed by atoms with van der Waals surface area (Å²) >= 11 is 0. The Morgan fingerprint density at radius 2 is 1.52 bits per heavy atom. The van der Waals surface area contributed by atoms with Crippen LogP contribution in [0.5, 0.6) is 5.75 Å². The van der Waals surface area contributed by atoms with Crippen molar-refractivity contribution >= 4 is 29.2 Å². The standard InChI is InChI=1S/C20H15BO2/c22-21-23-18-10-11-20-16(13-18)6-3-7-19(20)17-9-8-14-4-1-2-5-15(14)12-17/h1-13,21-22H. The second-order valence-corrected chi connectivity index (χ2v) is 5.52. The zero-order chi connectivity index (χ0) is 15.6. The minimum Gasteiger partial charge on any atom is -0.539 e. The van der Waals surface area contributed by atoms with E-state index in [1.54, 1.807) is 0 Å². The molecule has 3 heteroatoms. The predicted molar refractivity (Wildman–Crippen MR) is 96.9 cm³/mol. The van der Waals surface area contributed by atoms with E-state index in [9.17, 15) is 0 Å². The molecule has 4 aromatic carbocycles. The number of hydrogen-bond donors (Lipinski definition) is 1. The molecule has 4 rings (SSSR count). The van der Waals surface area contributed by atoms with Crippen molar-refractivity contribution in [2.75, 3.05) is 0 Å². The maximum Gasteiger partial charge on any atom is 0.504 e. The summed E-state index contributed by atoms with van der Waals surface area (Å²) in [6.07, 6.45) is 0. The minimum absolute atomic E-state index is 0.310. The lowest BCUT2D eigenvalue weighted by molar-refractivity contribution is 0.454. The van der Waals surface area contributed by atoms with Crippen molar-refractivity contribution in [2.24, 2.45) is 0 Å². The van der Waals surface area contributed by atoms with Crippen LogP contribution < -0.4 is 4.65 Å². The van der Waals surface area contributed by atoms with Gasteiger partial charge in [-0.05, 0) is 50.9 Å². The lowest BCUT2D eigenvalue weighted by atomic mass is 9.96. The highest BCUT2D eigenvalue weighted by atomic mass is 16.5. The first-order valence-electron chi connectivity index (χ1n) is 7.61. The highest BCUT2D eigenvalue weighted by Gasteiger charge is 2.06. The van der Waals surface area contributed by atoms with Crippen molar-refractivity contribution < 1.29 is 9.68 Å². The topological polar surface area (TPSA) is 29.5 Å². The molecule has 0 radical (unpaired) electrons. The molecule has 110 valence electrons. The number of benzene rings is 4. The molecule has 0 aliphatic rings. The van der Waals surface area contributed by atoms with Gasteiger partial charge in [-0.25, -0.2) is 0 Å². The van der Waals surface area contributed by atoms with Crippen LogP contribution in [0.1, 0.15) is 0 Å². The number of rotatable bonds is 3. The van der Waals surface area contributed by atoms with E-state index in [4.69, 9.17) is 9.68 Å². The van der Waals surface area contributed by atoms with E-state index in [1.165, 1.54) is 27.3 Å². The third kappa shape index (κ3) is 2.56. The van der Waals surface area contributed by atoms with Crippen molar-refractivity contribution in [3.63, 3.8) is 0 Å². The lowest BCUT2D eigenvalue weighted by Crippen LogP contribution is -1.99. The zero-order valence-electron chi connectivity index (χ0n) is 12.6. The molecule has 4 aromatic rings. The van der Waals surface area contributed by atoms with Gasteiger partial charge in [0, 0.05) is 0 Å². The van der Waals surface area contributed by atoms with Gasteiger partial charge in [-0.15, -0.1) is 0 Å². The second-order valence-electron chi connectivity index (χ2n) is 5.52. The molecule has 0 heterocycles. The van der Waals surface area contributed by atoms with Gasteiger partial charge in [0.1, 0.15) is 5.75 Å². The quantitative estimate of drug-likeness (QED) is 0.571. The van der Waals surface area contributed by atoms with Gasteiger partial charge in [0.2, 0.25) is 0 Å². The van der Waals surface area contributed by atoms with Gasteiger partial charge in [-0.3, -0.25) is 0 Å².